The zero-order valence-electron chi connectivity index (χ0n) is 18.1. The van der Waals surface area contributed by atoms with Crippen molar-refractivity contribution in [3.8, 4) is 5.75 Å². The normalized spacial score (nSPS) is 11.9. The molecule has 7 nitrogen and oxygen atoms in total. The number of rotatable bonds is 6. The lowest BCUT2D eigenvalue weighted by atomic mass is 9.87. The minimum atomic E-state index is -0.811. The Morgan fingerprint density at radius 2 is 1.37 bits per heavy atom. The van der Waals surface area contributed by atoms with Crippen LogP contribution in [0.1, 0.15) is 54.0 Å². The molecule has 160 valence electrons. The molecule has 7 heteroatoms. The fourth-order valence-corrected chi connectivity index (χ4v) is 2.71. The topological polar surface area (TPSA) is 90.9 Å². The largest absolute Gasteiger partial charge is 0.481 e. The molecule has 0 aliphatic heterocycles. The fourth-order valence-electron chi connectivity index (χ4n) is 2.71. The smallest absolute Gasteiger partial charge is 0.337 e. The maximum atomic E-state index is 12.6. The Labute approximate surface area is 176 Å². The lowest BCUT2D eigenvalue weighted by Gasteiger charge is -2.20. The Morgan fingerprint density at radius 1 is 0.867 bits per heavy atom. The zero-order chi connectivity index (χ0) is 22.5. The number of benzene rings is 2. The predicted molar refractivity (Wildman–Crippen MR) is 113 cm³/mol. The van der Waals surface area contributed by atoms with Crippen LogP contribution in [-0.4, -0.2) is 38.2 Å². The Bertz CT molecular complexity index is 893. The van der Waals surface area contributed by atoms with E-state index in [1.54, 1.807) is 6.92 Å². The maximum Gasteiger partial charge on any atom is 0.337 e. The van der Waals surface area contributed by atoms with Crippen LogP contribution >= 0.6 is 0 Å². The average Bonchev–Trinajstić information content (AvgIpc) is 2.71. The molecule has 2 aromatic carbocycles. The van der Waals surface area contributed by atoms with Gasteiger partial charge in [-0.25, -0.2) is 9.59 Å². The van der Waals surface area contributed by atoms with Gasteiger partial charge >= 0.3 is 11.9 Å². The quantitative estimate of drug-likeness (QED) is 0.721. The predicted octanol–water partition coefficient (Wildman–Crippen LogP) is 3.96. The van der Waals surface area contributed by atoms with E-state index >= 15 is 0 Å². The van der Waals surface area contributed by atoms with E-state index < -0.39 is 23.9 Å². The summed E-state index contributed by atoms with van der Waals surface area (Å²) in [5.41, 5.74) is 1.65. The highest BCUT2D eigenvalue weighted by atomic mass is 16.5. The number of anilines is 1. The zero-order valence-corrected chi connectivity index (χ0v) is 18.1. The van der Waals surface area contributed by atoms with E-state index in [1.807, 2.05) is 24.3 Å². The van der Waals surface area contributed by atoms with Gasteiger partial charge < -0.3 is 19.5 Å². The molecule has 30 heavy (non-hydrogen) atoms. The van der Waals surface area contributed by atoms with Crippen LogP contribution in [0.15, 0.2) is 42.5 Å². The van der Waals surface area contributed by atoms with Crippen LogP contribution in [0.2, 0.25) is 0 Å². The van der Waals surface area contributed by atoms with E-state index in [2.05, 4.69) is 26.1 Å². The molecule has 1 atom stereocenters. The number of carbonyl (C=O) groups excluding carboxylic acids is 3. The van der Waals surface area contributed by atoms with E-state index in [1.165, 1.54) is 32.4 Å². The second-order valence-corrected chi connectivity index (χ2v) is 7.81. The Kier molecular flexibility index (Phi) is 7.21. The van der Waals surface area contributed by atoms with Gasteiger partial charge in [0.05, 0.1) is 25.3 Å². The molecule has 1 amide bonds. The summed E-state index contributed by atoms with van der Waals surface area (Å²) >= 11 is 0. The van der Waals surface area contributed by atoms with Crippen LogP contribution in [0.3, 0.4) is 0 Å². The highest BCUT2D eigenvalue weighted by Gasteiger charge is 2.19. The molecule has 1 unspecified atom stereocenters. The third-order valence-electron chi connectivity index (χ3n) is 4.45. The van der Waals surface area contributed by atoms with Crippen molar-refractivity contribution in [2.45, 2.75) is 39.2 Å². The van der Waals surface area contributed by atoms with Gasteiger partial charge in [-0.2, -0.15) is 0 Å². The Hall–Kier alpha value is -3.35. The van der Waals surface area contributed by atoms with Crippen LogP contribution in [-0.2, 0) is 19.7 Å². The second-order valence-electron chi connectivity index (χ2n) is 7.81. The Morgan fingerprint density at radius 3 is 1.80 bits per heavy atom. The van der Waals surface area contributed by atoms with Crippen LogP contribution in [0.25, 0.3) is 0 Å². The van der Waals surface area contributed by atoms with E-state index in [-0.39, 0.29) is 22.2 Å². The molecule has 0 fully saturated rings. The van der Waals surface area contributed by atoms with E-state index in [0.29, 0.717) is 5.75 Å². The van der Waals surface area contributed by atoms with Crippen molar-refractivity contribution in [3.63, 3.8) is 0 Å². The van der Waals surface area contributed by atoms with Gasteiger partial charge in [0, 0.05) is 5.69 Å². The van der Waals surface area contributed by atoms with Crippen LogP contribution < -0.4 is 10.1 Å². The first kappa shape index (κ1) is 22.9. The summed E-state index contributed by atoms with van der Waals surface area (Å²) in [6.45, 7) is 7.95. The van der Waals surface area contributed by atoms with Crippen LogP contribution in [0.4, 0.5) is 5.69 Å². The molecule has 0 aliphatic rings. The first-order chi connectivity index (χ1) is 14.0. The first-order valence-corrected chi connectivity index (χ1v) is 9.45. The number of nitrogens with one attached hydrogen (secondary N) is 1. The third kappa shape index (κ3) is 5.83. The summed E-state index contributed by atoms with van der Waals surface area (Å²) in [6.07, 6.45) is -0.811. The number of methoxy groups -OCH3 is 2. The molecular weight excluding hydrogens is 386 g/mol. The molecule has 0 aliphatic carbocycles. The van der Waals surface area contributed by atoms with Gasteiger partial charge in [-0.3, -0.25) is 4.79 Å². The van der Waals surface area contributed by atoms with E-state index in [4.69, 9.17) is 14.2 Å². The minimum absolute atomic E-state index is 0.0174. The molecule has 0 aromatic heterocycles. The molecule has 0 heterocycles. The van der Waals surface area contributed by atoms with Crippen molar-refractivity contribution in [1.29, 1.82) is 0 Å². The average molecular weight is 413 g/mol. The molecule has 1 N–H and O–H groups in total. The number of ether oxygens (including phenoxy) is 3. The van der Waals surface area contributed by atoms with Crippen molar-refractivity contribution >= 4 is 23.5 Å². The van der Waals surface area contributed by atoms with Gasteiger partial charge in [0.25, 0.3) is 5.91 Å². The number of hydrogen-bond donors (Lipinski definition) is 1. The van der Waals surface area contributed by atoms with Gasteiger partial charge in [-0.1, -0.05) is 32.9 Å². The van der Waals surface area contributed by atoms with E-state index in [9.17, 15) is 14.4 Å². The number of esters is 2. The van der Waals surface area contributed by atoms with Crippen molar-refractivity contribution in [2.24, 2.45) is 0 Å². The van der Waals surface area contributed by atoms with Gasteiger partial charge in [0.15, 0.2) is 6.10 Å². The molecule has 0 radical (unpaired) electrons. The highest BCUT2D eigenvalue weighted by Crippen LogP contribution is 2.25. The van der Waals surface area contributed by atoms with Crippen LogP contribution in [0.5, 0.6) is 5.75 Å². The summed E-state index contributed by atoms with van der Waals surface area (Å²) in [4.78, 5) is 36.3. The van der Waals surface area contributed by atoms with Crippen LogP contribution in [0, 0.1) is 0 Å². The summed E-state index contributed by atoms with van der Waals surface area (Å²) in [5.74, 6) is -1.16. The lowest BCUT2D eigenvalue weighted by Crippen LogP contribution is -2.30. The van der Waals surface area contributed by atoms with Gasteiger partial charge in [0.2, 0.25) is 0 Å². The Balaban J connectivity index is 2.15. The maximum absolute atomic E-state index is 12.6. The lowest BCUT2D eigenvalue weighted by molar-refractivity contribution is -0.122. The molecule has 0 bridgehead atoms. The molecule has 0 spiro atoms. The van der Waals surface area contributed by atoms with Crippen molar-refractivity contribution < 1.29 is 28.6 Å². The fraction of sp³-hybridized carbons (Fsp3) is 0.348. The molecular formula is C23H27NO6. The number of hydrogen-bond acceptors (Lipinski definition) is 6. The standard InChI is InChI=1S/C23H27NO6/c1-14(30-19-9-7-17(8-10-19)23(2,3)4)20(25)24-18-12-15(21(26)28-5)11-16(13-18)22(27)29-6/h7-14H,1-6H3,(H,24,25). The molecule has 0 saturated carbocycles. The van der Waals surface area contributed by atoms with Gasteiger partial charge in [-0.15, -0.1) is 0 Å². The summed E-state index contributed by atoms with van der Waals surface area (Å²) < 4.78 is 15.1. The minimum Gasteiger partial charge on any atom is -0.481 e. The summed E-state index contributed by atoms with van der Waals surface area (Å²) in [5, 5.41) is 2.66. The summed E-state index contributed by atoms with van der Waals surface area (Å²) in [6, 6.07) is 11.7. The summed E-state index contributed by atoms with van der Waals surface area (Å²) in [7, 11) is 2.46. The van der Waals surface area contributed by atoms with Crippen molar-refractivity contribution in [2.75, 3.05) is 19.5 Å². The third-order valence-corrected chi connectivity index (χ3v) is 4.45. The second kappa shape index (κ2) is 9.43. The monoisotopic (exact) mass is 413 g/mol. The van der Waals surface area contributed by atoms with Gasteiger partial charge in [-0.05, 0) is 48.2 Å². The number of amides is 1. The number of carbonyl (C=O) groups is 3. The molecule has 0 saturated heterocycles. The molecule has 2 aromatic rings. The van der Waals surface area contributed by atoms with Gasteiger partial charge in [0.1, 0.15) is 5.75 Å². The molecule has 2 rings (SSSR count). The SMILES string of the molecule is COC(=O)c1cc(NC(=O)C(C)Oc2ccc(C(C)(C)C)cc2)cc(C(=O)OC)c1. The van der Waals surface area contributed by atoms with Crippen molar-refractivity contribution in [3.05, 3.63) is 59.2 Å². The highest BCUT2D eigenvalue weighted by molar-refractivity contribution is 6.00. The van der Waals surface area contributed by atoms with E-state index in [0.717, 1.165) is 5.56 Å². The first-order valence-electron chi connectivity index (χ1n) is 9.45. The van der Waals surface area contributed by atoms with Crippen molar-refractivity contribution in [1.82, 2.24) is 0 Å².